The van der Waals surface area contributed by atoms with Crippen molar-refractivity contribution in [1.82, 2.24) is 29.4 Å². The first-order chi connectivity index (χ1) is 14.7. The van der Waals surface area contributed by atoms with E-state index in [-0.39, 0.29) is 17.9 Å². The van der Waals surface area contributed by atoms with Gasteiger partial charge in [0, 0.05) is 45.6 Å². The summed E-state index contributed by atoms with van der Waals surface area (Å²) >= 11 is 2.06. The zero-order valence-electron chi connectivity index (χ0n) is 18.0. The number of hydrogen-bond donors (Lipinski definition) is 1. The number of rotatable bonds is 5. The van der Waals surface area contributed by atoms with Crippen molar-refractivity contribution in [2.24, 2.45) is 7.05 Å². The van der Waals surface area contributed by atoms with Crippen LogP contribution in [-0.2, 0) is 16.6 Å². The number of aryl methyl sites for hydroxylation is 2. The maximum atomic E-state index is 12.9. The van der Waals surface area contributed by atoms with Gasteiger partial charge in [-0.25, -0.2) is 4.79 Å². The molecule has 1 fully saturated rings. The number of amides is 3. The monoisotopic (exact) mass is 543 g/mol. The van der Waals surface area contributed by atoms with Crippen molar-refractivity contribution in [1.29, 1.82) is 0 Å². The number of piperazine rings is 1. The summed E-state index contributed by atoms with van der Waals surface area (Å²) in [6.07, 6.45) is 3.06. The van der Waals surface area contributed by atoms with E-state index in [0.717, 1.165) is 3.57 Å². The van der Waals surface area contributed by atoms with Gasteiger partial charge in [-0.3, -0.25) is 19.0 Å². The zero-order valence-corrected chi connectivity index (χ0v) is 20.1. The van der Waals surface area contributed by atoms with Gasteiger partial charge in [0.15, 0.2) is 5.69 Å². The Morgan fingerprint density at radius 3 is 2.39 bits per heavy atom. The summed E-state index contributed by atoms with van der Waals surface area (Å²) < 4.78 is 8.88. The number of ether oxygens (including phenoxy) is 1. The van der Waals surface area contributed by atoms with Crippen molar-refractivity contribution < 1.29 is 19.1 Å². The van der Waals surface area contributed by atoms with E-state index in [1.54, 1.807) is 59.4 Å². The molecule has 0 aliphatic carbocycles. The highest BCUT2D eigenvalue weighted by molar-refractivity contribution is 14.1. The van der Waals surface area contributed by atoms with Crippen molar-refractivity contribution in [3.8, 4) is 0 Å². The van der Waals surface area contributed by atoms with Crippen molar-refractivity contribution in [3.05, 3.63) is 27.4 Å². The van der Waals surface area contributed by atoms with Crippen molar-refractivity contribution >= 4 is 46.2 Å². The van der Waals surface area contributed by atoms with Crippen LogP contribution in [-0.4, -0.2) is 80.1 Å². The number of carbonyl (C=O) groups is 3. The van der Waals surface area contributed by atoms with Gasteiger partial charge in [0.2, 0.25) is 5.91 Å². The largest absolute Gasteiger partial charge is 0.450 e. The highest BCUT2D eigenvalue weighted by Crippen LogP contribution is 2.20. The average molecular weight is 543 g/mol. The van der Waals surface area contributed by atoms with Gasteiger partial charge in [0.1, 0.15) is 6.04 Å². The van der Waals surface area contributed by atoms with Crippen LogP contribution in [0.5, 0.6) is 0 Å². The molecule has 1 aliphatic rings. The predicted octanol–water partition coefficient (Wildman–Crippen LogP) is 1.64. The van der Waals surface area contributed by atoms with E-state index in [1.807, 2.05) is 0 Å². The van der Waals surface area contributed by atoms with E-state index < -0.39 is 6.04 Å². The third-order valence-corrected chi connectivity index (χ3v) is 5.83. The van der Waals surface area contributed by atoms with Gasteiger partial charge in [0.25, 0.3) is 5.91 Å². The smallest absolute Gasteiger partial charge is 0.409 e. The van der Waals surface area contributed by atoms with Crippen LogP contribution in [0.2, 0.25) is 0 Å². The van der Waals surface area contributed by atoms with Crippen LogP contribution in [0.25, 0.3) is 0 Å². The Kier molecular flexibility index (Phi) is 7.18. The molecule has 2 aromatic heterocycles. The molecule has 0 radical (unpaired) electrons. The van der Waals surface area contributed by atoms with Gasteiger partial charge < -0.3 is 19.9 Å². The second kappa shape index (κ2) is 9.66. The lowest BCUT2D eigenvalue weighted by atomic mass is 10.2. The minimum Gasteiger partial charge on any atom is -0.450 e. The highest BCUT2D eigenvalue weighted by atomic mass is 127. The summed E-state index contributed by atoms with van der Waals surface area (Å²) in [6.45, 7) is 7.35. The average Bonchev–Trinajstić information content (AvgIpc) is 3.28. The standard InChI is InChI=1S/C19H26IN7O4/c1-5-31-19(30)26-8-6-25(7-9-26)18(29)13(3)27-11-15(12(2)22-27)21-17(28)16-14(20)10-24(4)23-16/h10-11,13H,5-9H2,1-4H3,(H,21,28). The number of hydrogen-bond acceptors (Lipinski definition) is 6. The third-order valence-electron chi connectivity index (χ3n) is 5.04. The molecule has 1 atom stereocenters. The van der Waals surface area contributed by atoms with Crippen LogP contribution in [0.15, 0.2) is 12.4 Å². The van der Waals surface area contributed by atoms with Crippen LogP contribution < -0.4 is 5.32 Å². The van der Waals surface area contributed by atoms with Crippen molar-refractivity contribution in [3.63, 3.8) is 0 Å². The summed E-state index contributed by atoms with van der Waals surface area (Å²) in [6, 6.07) is -0.548. The Labute approximate surface area is 193 Å². The first-order valence-electron chi connectivity index (χ1n) is 9.98. The third kappa shape index (κ3) is 5.17. The first-order valence-corrected chi connectivity index (χ1v) is 11.1. The molecule has 0 spiro atoms. The molecule has 31 heavy (non-hydrogen) atoms. The molecule has 1 saturated heterocycles. The van der Waals surface area contributed by atoms with Crippen LogP contribution in [0, 0.1) is 10.5 Å². The molecule has 3 amide bonds. The molecular weight excluding hydrogens is 517 g/mol. The fourth-order valence-electron chi connectivity index (χ4n) is 3.30. The Morgan fingerprint density at radius 2 is 1.81 bits per heavy atom. The van der Waals surface area contributed by atoms with Crippen LogP contribution in [0.1, 0.15) is 36.1 Å². The summed E-state index contributed by atoms with van der Waals surface area (Å²) in [5.41, 5.74) is 1.46. The molecule has 0 bridgehead atoms. The van der Waals surface area contributed by atoms with Gasteiger partial charge in [0.05, 0.1) is 21.6 Å². The summed E-state index contributed by atoms with van der Waals surface area (Å²) in [4.78, 5) is 40.6. The lowest BCUT2D eigenvalue weighted by Crippen LogP contribution is -2.52. The molecule has 0 saturated carbocycles. The van der Waals surface area contributed by atoms with Gasteiger partial charge in [-0.1, -0.05) is 0 Å². The Morgan fingerprint density at radius 1 is 1.16 bits per heavy atom. The summed E-state index contributed by atoms with van der Waals surface area (Å²) in [5.74, 6) is -0.426. The minimum atomic E-state index is -0.548. The van der Waals surface area contributed by atoms with E-state index in [0.29, 0.717) is 49.9 Å². The van der Waals surface area contributed by atoms with Crippen LogP contribution >= 0.6 is 22.6 Å². The van der Waals surface area contributed by atoms with E-state index in [4.69, 9.17) is 4.74 Å². The molecule has 1 N–H and O–H groups in total. The number of nitrogens with one attached hydrogen (secondary N) is 1. The topological polar surface area (TPSA) is 115 Å². The molecular formula is C19H26IN7O4. The van der Waals surface area contributed by atoms with E-state index in [9.17, 15) is 14.4 Å². The SMILES string of the molecule is CCOC(=O)N1CCN(C(=O)C(C)n2cc(NC(=O)c3nn(C)cc3I)c(C)n2)CC1. The van der Waals surface area contributed by atoms with E-state index >= 15 is 0 Å². The van der Waals surface area contributed by atoms with E-state index in [2.05, 4.69) is 38.1 Å². The quantitative estimate of drug-likeness (QED) is 0.574. The fourth-order valence-corrected chi connectivity index (χ4v) is 4.06. The van der Waals surface area contributed by atoms with Gasteiger partial charge in [-0.05, 0) is 43.4 Å². The molecule has 2 aromatic rings. The highest BCUT2D eigenvalue weighted by Gasteiger charge is 2.29. The Hall–Kier alpha value is -2.64. The molecule has 1 aliphatic heterocycles. The second-order valence-electron chi connectivity index (χ2n) is 7.25. The number of anilines is 1. The Bertz CT molecular complexity index is 978. The lowest BCUT2D eigenvalue weighted by Gasteiger charge is -2.35. The van der Waals surface area contributed by atoms with E-state index in [1.165, 1.54) is 0 Å². The summed E-state index contributed by atoms with van der Waals surface area (Å²) in [7, 11) is 1.75. The molecule has 168 valence electrons. The second-order valence-corrected chi connectivity index (χ2v) is 8.41. The number of halogens is 1. The summed E-state index contributed by atoms with van der Waals surface area (Å²) in [5, 5.41) is 11.4. The lowest BCUT2D eigenvalue weighted by molar-refractivity contribution is -0.136. The molecule has 1 unspecified atom stereocenters. The van der Waals surface area contributed by atoms with Crippen molar-refractivity contribution in [2.75, 3.05) is 38.1 Å². The molecule has 3 rings (SSSR count). The molecule has 12 heteroatoms. The number of aromatic nitrogens is 4. The predicted molar refractivity (Wildman–Crippen MR) is 121 cm³/mol. The number of carbonyl (C=O) groups excluding carboxylic acids is 3. The Balaban J connectivity index is 1.63. The van der Waals surface area contributed by atoms with Crippen LogP contribution in [0.4, 0.5) is 10.5 Å². The van der Waals surface area contributed by atoms with Crippen LogP contribution in [0.3, 0.4) is 0 Å². The maximum Gasteiger partial charge on any atom is 0.409 e. The molecule has 0 aromatic carbocycles. The first kappa shape index (κ1) is 23.0. The zero-order chi connectivity index (χ0) is 22.7. The molecule has 3 heterocycles. The number of nitrogens with zero attached hydrogens (tertiary/aromatic N) is 6. The maximum absolute atomic E-state index is 12.9. The minimum absolute atomic E-state index is 0.0943. The van der Waals surface area contributed by atoms with Crippen molar-refractivity contribution in [2.45, 2.75) is 26.8 Å². The van der Waals surface area contributed by atoms with Gasteiger partial charge in [-0.15, -0.1) is 0 Å². The van der Waals surface area contributed by atoms with Gasteiger partial charge in [-0.2, -0.15) is 10.2 Å². The van der Waals surface area contributed by atoms with Gasteiger partial charge >= 0.3 is 6.09 Å². The fraction of sp³-hybridized carbons (Fsp3) is 0.526. The normalized spacial score (nSPS) is 15.0. The molecule has 11 nitrogen and oxygen atoms in total.